The van der Waals surface area contributed by atoms with Gasteiger partial charge in [0.1, 0.15) is 0 Å². The highest BCUT2D eigenvalue weighted by molar-refractivity contribution is 5.37. The number of hydrogen-bond acceptors (Lipinski definition) is 4. The van der Waals surface area contributed by atoms with Crippen LogP contribution in [0.5, 0.6) is 0 Å². The van der Waals surface area contributed by atoms with Crippen LogP contribution in [-0.2, 0) is 16.7 Å². The number of nitriles is 1. The van der Waals surface area contributed by atoms with Crippen molar-refractivity contribution < 1.29 is 9.84 Å². The number of ether oxygens (including phenoxy) is 1. The molecule has 4 heteroatoms. The van der Waals surface area contributed by atoms with Gasteiger partial charge in [0.15, 0.2) is 0 Å². The molecule has 1 heterocycles. The molecular formula is C20H28N2O2. The van der Waals surface area contributed by atoms with E-state index in [1.54, 1.807) is 0 Å². The minimum absolute atomic E-state index is 0.204. The molecule has 0 unspecified atom stereocenters. The Kier molecular flexibility index (Phi) is 5.24. The normalized spacial score (nSPS) is 28.7. The van der Waals surface area contributed by atoms with Crippen LogP contribution in [0, 0.1) is 17.2 Å². The molecule has 1 saturated carbocycles. The summed E-state index contributed by atoms with van der Waals surface area (Å²) in [7, 11) is 0. The molecule has 1 aromatic rings. The predicted octanol–water partition coefficient (Wildman–Crippen LogP) is 2.85. The topological polar surface area (TPSA) is 56.5 Å². The maximum absolute atomic E-state index is 10.3. The Morgan fingerprint density at radius 1 is 1.33 bits per heavy atom. The van der Waals surface area contributed by atoms with Crippen LogP contribution in [0.3, 0.4) is 0 Å². The lowest BCUT2D eigenvalue weighted by molar-refractivity contribution is -0.0537. The molecule has 0 spiro atoms. The van der Waals surface area contributed by atoms with Crippen molar-refractivity contribution in [2.75, 3.05) is 19.8 Å². The van der Waals surface area contributed by atoms with Crippen molar-refractivity contribution >= 4 is 0 Å². The Morgan fingerprint density at radius 2 is 2.12 bits per heavy atom. The number of nitrogens with zero attached hydrogens (tertiary/aromatic N) is 2. The van der Waals surface area contributed by atoms with Gasteiger partial charge in [-0.15, -0.1) is 0 Å². The van der Waals surface area contributed by atoms with Crippen molar-refractivity contribution in [3.05, 3.63) is 35.4 Å². The van der Waals surface area contributed by atoms with Gasteiger partial charge in [0.05, 0.1) is 30.8 Å². The second-order valence-electron chi connectivity index (χ2n) is 7.67. The van der Waals surface area contributed by atoms with Gasteiger partial charge in [0.2, 0.25) is 0 Å². The summed E-state index contributed by atoms with van der Waals surface area (Å²) in [5, 5.41) is 19.8. The van der Waals surface area contributed by atoms with Crippen molar-refractivity contribution in [3.63, 3.8) is 0 Å². The largest absolute Gasteiger partial charge is 0.393 e. The third-order valence-corrected chi connectivity index (χ3v) is 5.65. The smallest absolute Gasteiger partial charge is 0.0769 e. The minimum Gasteiger partial charge on any atom is -0.393 e. The van der Waals surface area contributed by atoms with Gasteiger partial charge in [-0.1, -0.05) is 30.7 Å². The van der Waals surface area contributed by atoms with E-state index in [-0.39, 0.29) is 12.1 Å². The van der Waals surface area contributed by atoms with Crippen molar-refractivity contribution in [1.29, 1.82) is 5.26 Å². The Hall–Kier alpha value is -1.41. The lowest BCUT2D eigenvalue weighted by atomic mass is 9.82. The second kappa shape index (κ2) is 7.23. The Balaban J connectivity index is 1.83. The molecule has 0 radical (unpaired) electrons. The number of hydrogen-bond donors (Lipinski definition) is 1. The summed E-state index contributed by atoms with van der Waals surface area (Å²) in [6.07, 6.45) is 2.89. The Morgan fingerprint density at radius 3 is 2.83 bits per heavy atom. The molecule has 1 aromatic carbocycles. The number of aliphatic hydroxyl groups is 1. The van der Waals surface area contributed by atoms with E-state index in [0.717, 1.165) is 44.5 Å². The maximum Gasteiger partial charge on any atom is 0.0769 e. The summed E-state index contributed by atoms with van der Waals surface area (Å²) in [6.45, 7) is 7.09. The van der Waals surface area contributed by atoms with Gasteiger partial charge in [-0.05, 0) is 37.8 Å². The first-order chi connectivity index (χ1) is 11.5. The van der Waals surface area contributed by atoms with E-state index in [4.69, 9.17) is 4.74 Å². The van der Waals surface area contributed by atoms with Gasteiger partial charge in [0.25, 0.3) is 0 Å². The van der Waals surface area contributed by atoms with Crippen molar-refractivity contribution in [3.8, 4) is 6.07 Å². The quantitative estimate of drug-likeness (QED) is 0.923. The molecule has 130 valence electrons. The first kappa shape index (κ1) is 17.4. The highest BCUT2D eigenvalue weighted by atomic mass is 16.5. The Bertz CT molecular complexity index is 608. The van der Waals surface area contributed by atoms with Crippen LogP contribution in [0.25, 0.3) is 0 Å². The van der Waals surface area contributed by atoms with E-state index in [0.29, 0.717) is 12.5 Å². The summed E-state index contributed by atoms with van der Waals surface area (Å²) in [5.41, 5.74) is 1.82. The third kappa shape index (κ3) is 3.49. The van der Waals surface area contributed by atoms with Crippen LogP contribution in [0.2, 0.25) is 0 Å². The standard InChI is InChI=1S/C20H28N2O2/c1-20(2,14-21)17-8-4-3-6-15(17)12-22-10-11-24-13-18(22)16-7-5-9-19(16)23/h3-4,6,8,16,18-19,23H,5,7,9-13H2,1-2H3/t16-,18+,19+/m0/s1. The van der Waals surface area contributed by atoms with E-state index >= 15 is 0 Å². The minimum atomic E-state index is -0.495. The highest BCUT2D eigenvalue weighted by Crippen LogP contribution is 2.34. The third-order valence-electron chi connectivity index (χ3n) is 5.65. The van der Waals surface area contributed by atoms with E-state index in [1.807, 2.05) is 26.0 Å². The maximum atomic E-state index is 10.3. The molecule has 1 N–H and O–H groups in total. The molecule has 2 aliphatic rings. The van der Waals surface area contributed by atoms with Crippen molar-refractivity contribution in [1.82, 2.24) is 4.90 Å². The highest BCUT2D eigenvalue weighted by Gasteiger charge is 2.38. The molecule has 1 aliphatic carbocycles. The number of morpholine rings is 1. The fraction of sp³-hybridized carbons (Fsp3) is 0.650. The molecular weight excluding hydrogens is 300 g/mol. The van der Waals surface area contributed by atoms with Gasteiger partial charge < -0.3 is 9.84 Å². The SMILES string of the molecule is CC(C)(C#N)c1ccccc1CN1CCOC[C@@H]1[C@@H]1CCC[C@H]1O. The van der Waals surface area contributed by atoms with Crippen molar-refractivity contribution in [2.24, 2.45) is 5.92 Å². The van der Waals surface area contributed by atoms with Crippen LogP contribution in [0.1, 0.15) is 44.2 Å². The van der Waals surface area contributed by atoms with Gasteiger partial charge in [-0.25, -0.2) is 0 Å². The monoisotopic (exact) mass is 328 g/mol. The van der Waals surface area contributed by atoms with Gasteiger partial charge >= 0.3 is 0 Å². The van der Waals surface area contributed by atoms with Crippen molar-refractivity contribution in [2.45, 2.75) is 57.2 Å². The van der Waals surface area contributed by atoms with Crippen LogP contribution < -0.4 is 0 Å². The van der Waals surface area contributed by atoms with E-state index in [2.05, 4.69) is 23.1 Å². The molecule has 2 fully saturated rings. The summed E-state index contributed by atoms with van der Waals surface area (Å²) < 4.78 is 5.72. The molecule has 3 atom stereocenters. The molecule has 24 heavy (non-hydrogen) atoms. The average molecular weight is 328 g/mol. The van der Waals surface area contributed by atoms with E-state index < -0.39 is 5.41 Å². The van der Waals surface area contributed by atoms with Crippen LogP contribution in [0.4, 0.5) is 0 Å². The second-order valence-corrected chi connectivity index (χ2v) is 7.67. The van der Waals surface area contributed by atoms with Gasteiger partial charge in [-0.3, -0.25) is 4.90 Å². The first-order valence-corrected chi connectivity index (χ1v) is 9.02. The number of rotatable bonds is 4. The number of aliphatic hydroxyl groups excluding tert-OH is 1. The summed E-state index contributed by atoms with van der Waals surface area (Å²) in [6, 6.07) is 11.0. The molecule has 0 bridgehead atoms. The fourth-order valence-corrected chi connectivity index (χ4v) is 4.21. The summed E-state index contributed by atoms with van der Waals surface area (Å²) >= 11 is 0. The molecule has 0 amide bonds. The molecule has 3 rings (SSSR count). The van der Waals surface area contributed by atoms with Crippen LogP contribution in [0.15, 0.2) is 24.3 Å². The predicted molar refractivity (Wildman–Crippen MR) is 93.4 cm³/mol. The first-order valence-electron chi connectivity index (χ1n) is 9.02. The number of benzene rings is 1. The van der Waals surface area contributed by atoms with Gasteiger partial charge in [0, 0.05) is 25.0 Å². The molecule has 1 aliphatic heterocycles. The summed E-state index contributed by atoms with van der Waals surface area (Å²) in [4.78, 5) is 2.45. The van der Waals surface area contributed by atoms with E-state index in [9.17, 15) is 10.4 Å². The molecule has 1 saturated heterocycles. The lowest BCUT2D eigenvalue weighted by Crippen LogP contribution is -2.50. The van der Waals surface area contributed by atoms with Crippen LogP contribution in [-0.4, -0.2) is 41.9 Å². The zero-order valence-electron chi connectivity index (χ0n) is 14.7. The Labute approximate surface area is 145 Å². The summed E-state index contributed by atoms with van der Waals surface area (Å²) in [5.74, 6) is 0.307. The molecule has 0 aromatic heterocycles. The van der Waals surface area contributed by atoms with Gasteiger partial charge in [-0.2, -0.15) is 5.26 Å². The zero-order chi connectivity index (χ0) is 17.2. The average Bonchev–Trinajstić information content (AvgIpc) is 3.01. The molecule has 4 nitrogen and oxygen atoms in total. The fourth-order valence-electron chi connectivity index (χ4n) is 4.21. The zero-order valence-corrected chi connectivity index (χ0v) is 14.7. The van der Waals surface area contributed by atoms with Crippen LogP contribution >= 0.6 is 0 Å². The lowest BCUT2D eigenvalue weighted by Gasteiger charge is -2.40. The van der Waals surface area contributed by atoms with E-state index in [1.165, 1.54) is 5.56 Å².